The number of amides is 1. The molecule has 5 heteroatoms. The first-order valence-electron chi connectivity index (χ1n) is 4.84. The van der Waals surface area contributed by atoms with E-state index in [1.54, 1.807) is 42.6 Å². The van der Waals surface area contributed by atoms with Crippen molar-refractivity contribution in [1.82, 2.24) is 4.98 Å². The molecule has 0 saturated carbocycles. The number of benzene rings is 1. The van der Waals surface area contributed by atoms with E-state index < -0.39 is 0 Å². The third-order valence-electron chi connectivity index (χ3n) is 2.08. The summed E-state index contributed by atoms with van der Waals surface area (Å²) in [4.78, 5) is 15.8. The molecule has 1 aromatic heterocycles. The third-order valence-corrected chi connectivity index (χ3v) is 3.29. The molecule has 0 aliphatic heterocycles. The average molecular weight is 312 g/mol. The molecule has 3 nitrogen and oxygen atoms in total. The number of rotatable bonds is 2. The zero-order valence-corrected chi connectivity index (χ0v) is 11.0. The Morgan fingerprint density at radius 1 is 1.29 bits per heavy atom. The summed E-state index contributed by atoms with van der Waals surface area (Å²) in [6, 6.07) is 10.4. The molecule has 17 heavy (non-hydrogen) atoms. The molecule has 0 unspecified atom stereocenters. The highest BCUT2D eigenvalue weighted by Gasteiger charge is 2.07. The van der Waals surface area contributed by atoms with Crippen LogP contribution in [-0.4, -0.2) is 10.9 Å². The van der Waals surface area contributed by atoms with Crippen LogP contribution < -0.4 is 5.32 Å². The fraction of sp³-hybridized carbons (Fsp3) is 0. The van der Waals surface area contributed by atoms with E-state index in [0.717, 1.165) is 4.47 Å². The summed E-state index contributed by atoms with van der Waals surface area (Å²) in [7, 11) is 0. The van der Waals surface area contributed by atoms with Crippen LogP contribution in [0.1, 0.15) is 10.5 Å². The molecule has 0 aliphatic carbocycles. The monoisotopic (exact) mass is 310 g/mol. The summed E-state index contributed by atoms with van der Waals surface area (Å²) in [6.45, 7) is 0. The standard InChI is InChI=1S/C12H8BrClN2O/c13-9-7-8(4-5-10(9)14)16-12(17)11-3-1-2-6-15-11/h1-7H,(H,16,17). The van der Waals surface area contributed by atoms with Gasteiger partial charge in [0.05, 0.1) is 5.02 Å². The Bertz CT molecular complexity index is 545. The number of aromatic nitrogens is 1. The van der Waals surface area contributed by atoms with Gasteiger partial charge in [0.1, 0.15) is 5.69 Å². The smallest absolute Gasteiger partial charge is 0.274 e. The topological polar surface area (TPSA) is 42.0 Å². The van der Waals surface area contributed by atoms with Crippen LogP contribution in [0.15, 0.2) is 47.1 Å². The molecule has 0 spiro atoms. The van der Waals surface area contributed by atoms with Gasteiger partial charge in [-0.3, -0.25) is 9.78 Å². The van der Waals surface area contributed by atoms with Crippen molar-refractivity contribution < 1.29 is 4.79 Å². The number of hydrogen-bond acceptors (Lipinski definition) is 2. The van der Waals surface area contributed by atoms with Gasteiger partial charge in [0.25, 0.3) is 5.91 Å². The van der Waals surface area contributed by atoms with Crippen molar-refractivity contribution in [3.05, 3.63) is 57.8 Å². The number of nitrogens with one attached hydrogen (secondary N) is 1. The van der Waals surface area contributed by atoms with Crippen LogP contribution >= 0.6 is 27.5 Å². The van der Waals surface area contributed by atoms with Crippen LogP contribution in [0.3, 0.4) is 0 Å². The van der Waals surface area contributed by atoms with Gasteiger partial charge >= 0.3 is 0 Å². The minimum absolute atomic E-state index is 0.250. The molecule has 2 aromatic rings. The van der Waals surface area contributed by atoms with E-state index in [1.807, 2.05) is 0 Å². The van der Waals surface area contributed by atoms with Crippen LogP contribution in [0.5, 0.6) is 0 Å². The molecule has 0 fully saturated rings. The number of carbonyl (C=O) groups excluding carboxylic acids is 1. The Kier molecular flexibility index (Phi) is 3.76. The Balaban J connectivity index is 2.16. The fourth-order valence-corrected chi connectivity index (χ4v) is 1.76. The second-order valence-electron chi connectivity index (χ2n) is 3.30. The van der Waals surface area contributed by atoms with Crippen molar-refractivity contribution in [2.75, 3.05) is 5.32 Å². The van der Waals surface area contributed by atoms with E-state index >= 15 is 0 Å². The van der Waals surface area contributed by atoms with E-state index in [9.17, 15) is 4.79 Å². The molecule has 86 valence electrons. The van der Waals surface area contributed by atoms with Crippen molar-refractivity contribution in [2.45, 2.75) is 0 Å². The van der Waals surface area contributed by atoms with Gasteiger partial charge in [0, 0.05) is 16.4 Å². The van der Waals surface area contributed by atoms with Gasteiger partial charge in [0.15, 0.2) is 0 Å². The fourth-order valence-electron chi connectivity index (χ4n) is 1.27. The number of hydrogen-bond donors (Lipinski definition) is 1. The van der Waals surface area contributed by atoms with Crippen molar-refractivity contribution >= 4 is 39.1 Å². The van der Waals surface area contributed by atoms with Gasteiger partial charge in [0.2, 0.25) is 0 Å². The molecular weight excluding hydrogens is 304 g/mol. The Labute approximate surface area is 112 Å². The van der Waals surface area contributed by atoms with Gasteiger partial charge in [-0.1, -0.05) is 17.7 Å². The SMILES string of the molecule is O=C(Nc1ccc(Cl)c(Br)c1)c1ccccn1. The number of anilines is 1. The predicted octanol–water partition coefficient (Wildman–Crippen LogP) is 3.75. The lowest BCUT2D eigenvalue weighted by atomic mass is 10.3. The Morgan fingerprint density at radius 3 is 2.76 bits per heavy atom. The molecule has 1 N–H and O–H groups in total. The molecule has 1 heterocycles. The van der Waals surface area contributed by atoms with Crippen LogP contribution in [-0.2, 0) is 0 Å². The van der Waals surface area contributed by atoms with Crippen molar-refractivity contribution in [1.29, 1.82) is 0 Å². The molecule has 1 amide bonds. The summed E-state index contributed by atoms with van der Waals surface area (Å²) >= 11 is 9.16. The molecular formula is C12H8BrClN2O. The van der Waals surface area contributed by atoms with Crippen LogP contribution in [0.2, 0.25) is 5.02 Å². The second-order valence-corrected chi connectivity index (χ2v) is 4.56. The van der Waals surface area contributed by atoms with E-state index in [-0.39, 0.29) is 5.91 Å². The largest absolute Gasteiger partial charge is 0.321 e. The first-order chi connectivity index (χ1) is 8.16. The van der Waals surface area contributed by atoms with Gasteiger partial charge in [-0.2, -0.15) is 0 Å². The maximum absolute atomic E-state index is 11.8. The van der Waals surface area contributed by atoms with E-state index in [4.69, 9.17) is 11.6 Å². The van der Waals surface area contributed by atoms with Crippen LogP contribution in [0.25, 0.3) is 0 Å². The maximum atomic E-state index is 11.8. The Hall–Kier alpha value is -1.39. The van der Waals surface area contributed by atoms with Crippen molar-refractivity contribution in [2.24, 2.45) is 0 Å². The maximum Gasteiger partial charge on any atom is 0.274 e. The minimum atomic E-state index is -0.250. The lowest BCUT2D eigenvalue weighted by molar-refractivity contribution is 0.102. The molecule has 0 saturated heterocycles. The molecule has 0 atom stereocenters. The lowest BCUT2D eigenvalue weighted by Gasteiger charge is -2.05. The van der Waals surface area contributed by atoms with Crippen molar-refractivity contribution in [3.8, 4) is 0 Å². The minimum Gasteiger partial charge on any atom is -0.321 e. The van der Waals surface area contributed by atoms with Gasteiger partial charge < -0.3 is 5.32 Å². The summed E-state index contributed by atoms with van der Waals surface area (Å²) in [5, 5.41) is 3.33. The molecule has 2 rings (SSSR count). The van der Waals surface area contributed by atoms with Crippen molar-refractivity contribution in [3.63, 3.8) is 0 Å². The quantitative estimate of drug-likeness (QED) is 0.918. The zero-order chi connectivity index (χ0) is 12.3. The number of carbonyl (C=O) groups is 1. The first kappa shape index (κ1) is 12.1. The van der Waals surface area contributed by atoms with E-state index in [0.29, 0.717) is 16.4 Å². The Morgan fingerprint density at radius 2 is 2.12 bits per heavy atom. The third kappa shape index (κ3) is 3.05. The average Bonchev–Trinajstić information content (AvgIpc) is 2.35. The zero-order valence-electron chi connectivity index (χ0n) is 8.65. The number of nitrogens with zero attached hydrogens (tertiary/aromatic N) is 1. The summed E-state index contributed by atoms with van der Waals surface area (Å²) in [6.07, 6.45) is 1.58. The molecule has 1 aromatic carbocycles. The highest BCUT2D eigenvalue weighted by molar-refractivity contribution is 9.10. The highest BCUT2D eigenvalue weighted by atomic mass is 79.9. The predicted molar refractivity (Wildman–Crippen MR) is 71.3 cm³/mol. The molecule has 0 aliphatic rings. The summed E-state index contributed by atoms with van der Waals surface area (Å²) in [5.41, 5.74) is 1.04. The first-order valence-corrected chi connectivity index (χ1v) is 6.01. The molecule has 0 radical (unpaired) electrons. The normalized spacial score (nSPS) is 10.0. The lowest BCUT2D eigenvalue weighted by Crippen LogP contribution is -2.13. The number of pyridine rings is 1. The molecule has 0 bridgehead atoms. The van der Waals surface area contributed by atoms with Gasteiger partial charge in [-0.05, 0) is 46.3 Å². The van der Waals surface area contributed by atoms with Gasteiger partial charge in [-0.15, -0.1) is 0 Å². The van der Waals surface area contributed by atoms with E-state index in [2.05, 4.69) is 26.2 Å². The summed E-state index contributed by atoms with van der Waals surface area (Å²) in [5.74, 6) is -0.250. The highest BCUT2D eigenvalue weighted by Crippen LogP contribution is 2.25. The van der Waals surface area contributed by atoms with E-state index in [1.165, 1.54) is 0 Å². The number of halogens is 2. The van der Waals surface area contributed by atoms with Crippen LogP contribution in [0, 0.1) is 0 Å². The van der Waals surface area contributed by atoms with Crippen LogP contribution in [0.4, 0.5) is 5.69 Å². The second kappa shape index (κ2) is 5.29. The summed E-state index contributed by atoms with van der Waals surface area (Å²) < 4.78 is 0.734. The van der Waals surface area contributed by atoms with Gasteiger partial charge in [-0.25, -0.2) is 0 Å².